The molecule has 3 N–H and O–H groups in total. The Morgan fingerprint density at radius 1 is 1.17 bits per heavy atom. The van der Waals surface area contributed by atoms with Crippen LogP contribution in [0.4, 0.5) is 17.3 Å². The molecule has 0 amide bonds. The Morgan fingerprint density at radius 2 is 2.03 bits per heavy atom. The van der Waals surface area contributed by atoms with E-state index >= 15 is 0 Å². The van der Waals surface area contributed by atoms with Gasteiger partial charge in [0.1, 0.15) is 11.5 Å². The van der Waals surface area contributed by atoms with E-state index in [0.29, 0.717) is 23.7 Å². The zero-order valence-corrected chi connectivity index (χ0v) is 15.4. The van der Waals surface area contributed by atoms with Crippen molar-refractivity contribution in [1.82, 2.24) is 19.4 Å². The highest BCUT2D eigenvalue weighted by Crippen LogP contribution is 2.17. The summed E-state index contributed by atoms with van der Waals surface area (Å²) < 4.78 is 1.65. The molecule has 8 heteroatoms. The van der Waals surface area contributed by atoms with Crippen LogP contribution in [0.2, 0.25) is 0 Å². The first-order valence-electron chi connectivity index (χ1n) is 8.90. The smallest absolute Gasteiger partial charge is 0.288 e. The number of carbonyl (C=O) groups excluding carboxylic acids is 1. The molecule has 1 aromatic carbocycles. The minimum absolute atomic E-state index is 0.105. The van der Waals surface area contributed by atoms with E-state index in [4.69, 9.17) is 12.3 Å². The van der Waals surface area contributed by atoms with Crippen molar-refractivity contribution in [2.75, 3.05) is 11.1 Å². The summed E-state index contributed by atoms with van der Waals surface area (Å²) in [7, 11) is 0. The van der Waals surface area contributed by atoms with Gasteiger partial charge in [-0.3, -0.25) is 9.20 Å². The molecular formula is C21H17N7O. The number of pyridine rings is 1. The molecule has 0 spiro atoms. The Balaban J connectivity index is 1.46. The molecule has 0 radical (unpaired) electrons. The predicted molar refractivity (Wildman–Crippen MR) is 110 cm³/mol. The highest BCUT2D eigenvalue weighted by atomic mass is 16.1. The number of carbonyl (C=O) groups is 1. The van der Waals surface area contributed by atoms with Crippen molar-refractivity contribution in [3.05, 3.63) is 89.4 Å². The summed E-state index contributed by atoms with van der Waals surface area (Å²) in [5.41, 5.74) is 9.40. The van der Waals surface area contributed by atoms with Gasteiger partial charge in [0.05, 0.1) is 11.9 Å². The molecule has 29 heavy (non-hydrogen) atoms. The van der Waals surface area contributed by atoms with E-state index in [-0.39, 0.29) is 18.0 Å². The number of imidazole rings is 1. The van der Waals surface area contributed by atoms with E-state index in [1.807, 2.05) is 36.4 Å². The summed E-state index contributed by atoms with van der Waals surface area (Å²) in [4.78, 5) is 28.3. The van der Waals surface area contributed by atoms with E-state index in [1.165, 1.54) is 6.20 Å². The van der Waals surface area contributed by atoms with Gasteiger partial charge < -0.3 is 15.9 Å². The van der Waals surface area contributed by atoms with Crippen molar-refractivity contribution in [3.63, 3.8) is 0 Å². The summed E-state index contributed by atoms with van der Waals surface area (Å²) in [6.45, 7) is 7.60. The molecular weight excluding hydrogens is 366 g/mol. The number of anilines is 2. The number of hydrogen-bond acceptors (Lipinski definition) is 6. The zero-order chi connectivity index (χ0) is 20.2. The fraction of sp³-hybridized carbons (Fsp3) is 0.0952. The number of ketones is 1. The molecule has 0 bridgehead atoms. The highest BCUT2D eigenvalue weighted by molar-refractivity contribution is 5.95. The lowest BCUT2D eigenvalue weighted by atomic mass is 10.0. The van der Waals surface area contributed by atoms with Gasteiger partial charge in [0.25, 0.3) is 5.82 Å². The molecule has 4 rings (SSSR count). The molecule has 0 saturated carbocycles. The van der Waals surface area contributed by atoms with E-state index < -0.39 is 0 Å². The number of rotatable bonds is 6. The number of aromatic nitrogens is 4. The van der Waals surface area contributed by atoms with Crippen LogP contribution in [0.25, 0.3) is 10.5 Å². The third-order valence-corrected chi connectivity index (χ3v) is 4.41. The van der Waals surface area contributed by atoms with Crippen molar-refractivity contribution in [1.29, 1.82) is 0 Å². The number of nitrogens with zero attached hydrogens (tertiary/aromatic N) is 5. The topological polar surface area (TPSA) is 103 Å². The van der Waals surface area contributed by atoms with Crippen LogP contribution in [0.5, 0.6) is 0 Å². The van der Waals surface area contributed by atoms with Crippen molar-refractivity contribution in [3.8, 4) is 0 Å². The number of hydrogen-bond donors (Lipinski definition) is 2. The van der Waals surface area contributed by atoms with Crippen LogP contribution in [-0.2, 0) is 13.0 Å². The maximum atomic E-state index is 12.7. The van der Waals surface area contributed by atoms with Crippen LogP contribution in [0.3, 0.4) is 0 Å². The zero-order valence-electron chi connectivity index (χ0n) is 15.4. The lowest BCUT2D eigenvalue weighted by molar-refractivity contribution is 0.0988. The van der Waals surface area contributed by atoms with Gasteiger partial charge in [-0.05, 0) is 23.3 Å². The molecule has 0 aliphatic heterocycles. The Kier molecular flexibility index (Phi) is 4.86. The van der Waals surface area contributed by atoms with Crippen LogP contribution >= 0.6 is 0 Å². The molecule has 0 unspecified atom stereocenters. The van der Waals surface area contributed by atoms with Gasteiger partial charge in [0.15, 0.2) is 5.78 Å². The normalized spacial score (nSPS) is 10.6. The molecule has 0 aliphatic rings. The Hall–Kier alpha value is -4.25. The standard InChI is InChI=1S/C21H17N7O/c1-23-19-13-28-12-17(26-11-20(28)27-19)18(29)9-14-4-2-5-15(8-14)10-25-16-6-3-7-24-21(16)22/h2-8,11-13,25H,9-10H2,(H2,22,24). The van der Waals surface area contributed by atoms with E-state index in [9.17, 15) is 4.79 Å². The van der Waals surface area contributed by atoms with Gasteiger partial charge >= 0.3 is 0 Å². The fourth-order valence-electron chi connectivity index (χ4n) is 2.97. The van der Waals surface area contributed by atoms with Crippen molar-refractivity contribution in [2.45, 2.75) is 13.0 Å². The summed E-state index contributed by atoms with van der Waals surface area (Å²) in [6.07, 6.45) is 6.56. The molecule has 8 nitrogen and oxygen atoms in total. The fourth-order valence-corrected chi connectivity index (χ4v) is 2.97. The van der Waals surface area contributed by atoms with Crippen molar-refractivity contribution < 1.29 is 4.79 Å². The third-order valence-electron chi connectivity index (χ3n) is 4.41. The first-order valence-corrected chi connectivity index (χ1v) is 8.90. The summed E-state index contributed by atoms with van der Waals surface area (Å²) >= 11 is 0. The van der Waals surface area contributed by atoms with E-state index in [2.05, 4.69) is 25.1 Å². The minimum Gasteiger partial charge on any atom is -0.382 e. The lowest BCUT2D eigenvalue weighted by Gasteiger charge is -2.09. The number of benzene rings is 1. The first kappa shape index (κ1) is 18.1. The van der Waals surface area contributed by atoms with Crippen LogP contribution < -0.4 is 11.1 Å². The molecule has 0 aliphatic carbocycles. The molecule has 4 aromatic rings. The van der Waals surface area contributed by atoms with Crippen LogP contribution in [0, 0.1) is 6.57 Å². The van der Waals surface area contributed by atoms with Gasteiger partial charge in [0, 0.05) is 31.6 Å². The second kappa shape index (κ2) is 7.78. The number of Topliss-reactive ketones (excluding diaryl/α,β-unsaturated/α-hetero) is 1. The van der Waals surface area contributed by atoms with Gasteiger partial charge in [-0.15, -0.1) is 0 Å². The molecule has 0 fully saturated rings. The molecule has 142 valence electrons. The van der Waals surface area contributed by atoms with Crippen LogP contribution in [0.1, 0.15) is 21.6 Å². The summed E-state index contributed by atoms with van der Waals surface area (Å²) in [5.74, 6) is 0.610. The second-order valence-corrected chi connectivity index (χ2v) is 6.46. The minimum atomic E-state index is -0.105. The van der Waals surface area contributed by atoms with E-state index in [0.717, 1.165) is 16.8 Å². The maximum absolute atomic E-state index is 12.7. The Morgan fingerprint density at radius 3 is 2.86 bits per heavy atom. The van der Waals surface area contributed by atoms with E-state index in [1.54, 1.807) is 23.0 Å². The second-order valence-electron chi connectivity index (χ2n) is 6.46. The largest absolute Gasteiger partial charge is 0.382 e. The quantitative estimate of drug-likeness (QED) is 0.391. The van der Waals surface area contributed by atoms with Crippen molar-refractivity contribution >= 4 is 28.8 Å². The molecule has 0 atom stereocenters. The summed E-state index contributed by atoms with van der Waals surface area (Å²) in [5, 5.41) is 3.25. The lowest BCUT2D eigenvalue weighted by Crippen LogP contribution is -2.08. The number of fused-ring (bicyclic) bond motifs is 1. The first-order chi connectivity index (χ1) is 14.1. The molecule has 3 heterocycles. The van der Waals surface area contributed by atoms with Crippen molar-refractivity contribution in [2.24, 2.45) is 0 Å². The SMILES string of the molecule is [C-]#[N+]c1cn2cc(C(=O)Cc3cccc(CNc4cccnc4N)c3)ncc2n1. The highest BCUT2D eigenvalue weighted by Gasteiger charge is 2.12. The average molecular weight is 383 g/mol. The predicted octanol–water partition coefficient (Wildman–Crippen LogP) is 3.29. The van der Waals surface area contributed by atoms with Crippen LogP contribution in [-0.4, -0.2) is 25.1 Å². The number of nitrogens with one attached hydrogen (secondary N) is 1. The van der Waals surface area contributed by atoms with Gasteiger partial charge in [-0.2, -0.15) is 0 Å². The third kappa shape index (κ3) is 4.04. The van der Waals surface area contributed by atoms with Gasteiger partial charge in [0.2, 0.25) is 5.65 Å². The van der Waals surface area contributed by atoms with Crippen LogP contribution in [0.15, 0.2) is 61.2 Å². The Labute approximate surface area is 166 Å². The monoisotopic (exact) mass is 383 g/mol. The number of nitrogen functional groups attached to an aromatic ring is 1. The molecule has 0 saturated heterocycles. The molecule has 3 aromatic heterocycles. The Bertz CT molecular complexity index is 1240. The average Bonchev–Trinajstić information content (AvgIpc) is 3.16. The van der Waals surface area contributed by atoms with Gasteiger partial charge in [-0.1, -0.05) is 35.8 Å². The number of nitrogens with two attached hydrogens (primary N) is 1. The van der Waals surface area contributed by atoms with Gasteiger partial charge in [-0.25, -0.2) is 9.97 Å². The maximum Gasteiger partial charge on any atom is 0.288 e. The summed E-state index contributed by atoms with van der Waals surface area (Å²) in [6, 6.07) is 11.5.